The molecular weight excluding hydrogens is 421 g/mol. The van der Waals surface area contributed by atoms with Crippen molar-refractivity contribution in [3.8, 4) is 0 Å². The number of benzene rings is 1. The average Bonchev–Trinajstić information content (AvgIpc) is 2.80. The van der Waals surface area contributed by atoms with E-state index < -0.39 is 17.8 Å². The van der Waals surface area contributed by atoms with Gasteiger partial charge in [0, 0.05) is 32.4 Å². The van der Waals surface area contributed by atoms with Crippen molar-refractivity contribution in [1.82, 2.24) is 15.2 Å². The number of anilines is 1. The van der Waals surface area contributed by atoms with Gasteiger partial charge in [-0.25, -0.2) is 4.98 Å². The Bertz CT molecular complexity index is 1010. The fourth-order valence-corrected chi connectivity index (χ4v) is 3.95. The van der Waals surface area contributed by atoms with E-state index in [-0.39, 0.29) is 30.6 Å². The molecule has 1 N–H and O–H groups in total. The molecule has 2 aromatic rings. The minimum absolute atomic E-state index is 0.00945. The first-order valence-corrected chi connectivity index (χ1v) is 10.4. The highest BCUT2D eigenvalue weighted by molar-refractivity contribution is 5.99. The zero-order valence-electron chi connectivity index (χ0n) is 17.3. The fraction of sp³-hybridized carbons (Fsp3) is 0.348. The standard InChI is InChI=1S/C23H23F3N4O2/c24-23(25,26)18-6-7-20(28-15-18)30-13-10-27-19(22(30)32)14-21(31)29-11-8-17(9-12-29)16-4-2-1-3-5-16/h1-8,15,19,27H,9-14H2. The van der Waals surface area contributed by atoms with Gasteiger partial charge in [0.2, 0.25) is 11.8 Å². The van der Waals surface area contributed by atoms with Crippen LogP contribution in [0.25, 0.3) is 5.57 Å². The van der Waals surface area contributed by atoms with Gasteiger partial charge in [0.25, 0.3) is 0 Å². The average molecular weight is 444 g/mol. The van der Waals surface area contributed by atoms with Crippen molar-refractivity contribution in [2.24, 2.45) is 0 Å². The number of piperazine rings is 1. The maximum atomic E-state index is 12.9. The molecule has 1 aromatic heterocycles. The van der Waals surface area contributed by atoms with Gasteiger partial charge in [-0.3, -0.25) is 14.5 Å². The summed E-state index contributed by atoms with van der Waals surface area (Å²) in [6.45, 7) is 1.75. The van der Waals surface area contributed by atoms with E-state index in [0.29, 0.717) is 19.6 Å². The smallest absolute Gasteiger partial charge is 0.339 e. The minimum Gasteiger partial charge on any atom is -0.339 e. The second kappa shape index (κ2) is 9.12. The first-order chi connectivity index (χ1) is 15.3. The van der Waals surface area contributed by atoms with Crippen LogP contribution < -0.4 is 10.2 Å². The molecule has 0 spiro atoms. The van der Waals surface area contributed by atoms with Crippen LogP contribution >= 0.6 is 0 Å². The Morgan fingerprint density at radius 1 is 1.12 bits per heavy atom. The highest BCUT2D eigenvalue weighted by atomic mass is 19.4. The van der Waals surface area contributed by atoms with Crippen LogP contribution in [0.15, 0.2) is 54.7 Å². The largest absolute Gasteiger partial charge is 0.417 e. The number of alkyl halides is 3. The van der Waals surface area contributed by atoms with Crippen molar-refractivity contribution in [3.63, 3.8) is 0 Å². The van der Waals surface area contributed by atoms with E-state index in [0.717, 1.165) is 24.2 Å². The Morgan fingerprint density at radius 2 is 1.91 bits per heavy atom. The molecule has 2 amide bonds. The number of carbonyl (C=O) groups is 2. The van der Waals surface area contributed by atoms with E-state index in [1.807, 2.05) is 36.4 Å². The van der Waals surface area contributed by atoms with Gasteiger partial charge in [0.1, 0.15) is 5.82 Å². The molecule has 0 bridgehead atoms. The summed E-state index contributed by atoms with van der Waals surface area (Å²) in [4.78, 5) is 32.5. The van der Waals surface area contributed by atoms with Crippen LogP contribution in [0.2, 0.25) is 0 Å². The van der Waals surface area contributed by atoms with Crippen molar-refractivity contribution in [2.75, 3.05) is 31.1 Å². The first kappa shape index (κ1) is 22.0. The molecule has 1 atom stereocenters. The molecule has 9 heteroatoms. The van der Waals surface area contributed by atoms with Crippen LogP contribution in [0.4, 0.5) is 19.0 Å². The lowest BCUT2D eigenvalue weighted by atomic mass is 9.99. The van der Waals surface area contributed by atoms with Crippen molar-refractivity contribution < 1.29 is 22.8 Å². The Morgan fingerprint density at radius 3 is 2.53 bits per heavy atom. The Kier molecular flexibility index (Phi) is 6.27. The van der Waals surface area contributed by atoms with E-state index in [1.165, 1.54) is 16.5 Å². The minimum atomic E-state index is -4.49. The number of hydrogen-bond donors (Lipinski definition) is 1. The number of halogens is 3. The predicted octanol–water partition coefficient (Wildman–Crippen LogP) is 3.11. The molecule has 0 radical (unpaired) electrons. The fourth-order valence-electron chi connectivity index (χ4n) is 3.95. The van der Waals surface area contributed by atoms with Gasteiger partial charge in [-0.2, -0.15) is 13.2 Å². The molecule has 1 unspecified atom stereocenters. The molecule has 168 valence electrons. The van der Waals surface area contributed by atoms with Crippen LogP contribution in [0, 0.1) is 0 Å². The normalized spacial score (nSPS) is 19.7. The Balaban J connectivity index is 1.38. The van der Waals surface area contributed by atoms with Crippen LogP contribution in [-0.2, 0) is 15.8 Å². The van der Waals surface area contributed by atoms with Crippen LogP contribution in [0.5, 0.6) is 0 Å². The topological polar surface area (TPSA) is 65.5 Å². The summed E-state index contributed by atoms with van der Waals surface area (Å²) in [5.74, 6) is -0.355. The van der Waals surface area contributed by atoms with Gasteiger partial charge in [0.15, 0.2) is 0 Å². The third-order valence-electron chi connectivity index (χ3n) is 5.73. The molecule has 4 rings (SSSR count). The summed E-state index contributed by atoms with van der Waals surface area (Å²) in [5, 5.41) is 3.05. The highest BCUT2D eigenvalue weighted by Crippen LogP contribution is 2.29. The molecule has 6 nitrogen and oxygen atoms in total. The molecule has 1 aromatic carbocycles. The van der Waals surface area contributed by atoms with E-state index in [9.17, 15) is 22.8 Å². The maximum absolute atomic E-state index is 12.9. The maximum Gasteiger partial charge on any atom is 0.417 e. The summed E-state index contributed by atoms with van der Waals surface area (Å²) < 4.78 is 38.3. The van der Waals surface area contributed by atoms with Gasteiger partial charge in [-0.05, 0) is 29.7 Å². The number of nitrogens with zero attached hydrogens (tertiary/aromatic N) is 3. The van der Waals surface area contributed by atoms with E-state index in [4.69, 9.17) is 0 Å². The van der Waals surface area contributed by atoms with Crippen molar-refractivity contribution in [3.05, 3.63) is 65.9 Å². The lowest BCUT2D eigenvalue weighted by Crippen LogP contribution is -2.57. The van der Waals surface area contributed by atoms with Crippen molar-refractivity contribution in [1.29, 1.82) is 0 Å². The zero-order chi connectivity index (χ0) is 22.7. The Labute approximate surface area is 183 Å². The molecule has 2 aliphatic rings. The first-order valence-electron chi connectivity index (χ1n) is 10.4. The Hall–Kier alpha value is -3.20. The van der Waals surface area contributed by atoms with E-state index in [1.54, 1.807) is 4.90 Å². The highest BCUT2D eigenvalue weighted by Gasteiger charge is 2.34. The van der Waals surface area contributed by atoms with E-state index in [2.05, 4.69) is 10.3 Å². The molecule has 0 saturated carbocycles. The lowest BCUT2D eigenvalue weighted by molar-refractivity contribution is -0.137. The quantitative estimate of drug-likeness (QED) is 0.787. The predicted molar refractivity (Wildman–Crippen MR) is 114 cm³/mol. The second-order valence-electron chi connectivity index (χ2n) is 7.79. The van der Waals surface area contributed by atoms with Gasteiger partial charge in [-0.15, -0.1) is 0 Å². The van der Waals surface area contributed by atoms with Gasteiger partial charge in [0.05, 0.1) is 18.0 Å². The third-order valence-corrected chi connectivity index (χ3v) is 5.73. The molecular formula is C23H23F3N4O2. The number of hydrogen-bond acceptors (Lipinski definition) is 4. The van der Waals surface area contributed by atoms with Crippen molar-refractivity contribution in [2.45, 2.75) is 25.1 Å². The van der Waals surface area contributed by atoms with Gasteiger partial charge < -0.3 is 10.2 Å². The number of aromatic nitrogens is 1. The number of carbonyl (C=O) groups excluding carboxylic acids is 2. The van der Waals surface area contributed by atoms with Crippen LogP contribution in [0.3, 0.4) is 0 Å². The molecule has 1 fully saturated rings. The molecule has 1 saturated heterocycles. The van der Waals surface area contributed by atoms with Gasteiger partial charge in [-0.1, -0.05) is 36.4 Å². The third kappa shape index (κ3) is 4.83. The number of nitrogens with one attached hydrogen (secondary N) is 1. The van der Waals surface area contributed by atoms with Crippen molar-refractivity contribution >= 4 is 23.2 Å². The van der Waals surface area contributed by atoms with Crippen LogP contribution in [-0.4, -0.2) is 53.9 Å². The summed E-state index contributed by atoms with van der Waals surface area (Å²) in [7, 11) is 0. The number of amides is 2. The molecule has 32 heavy (non-hydrogen) atoms. The SMILES string of the molecule is O=C(CC1NCCN(c2ccc(C(F)(F)F)cn2)C1=O)N1CC=C(c2ccccc2)CC1. The molecule has 2 aliphatic heterocycles. The van der Waals surface area contributed by atoms with Crippen LogP contribution in [0.1, 0.15) is 24.0 Å². The summed E-state index contributed by atoms with van der Waals surface area (Å²) in [5.41, 5.74) is 1.47. The molecule has 0 aliphatic carbocycles. The van der Waals surface area contributed by atoms with E-state index >= 15 is 0 Å². The number of rotatable bonds is 4. The molecule has 3 heterocycles. The zero-order valence-corrected chi connectivity index (χ0v) is 17.3. The lowest BCUT2D eigenvalue weighted by Gasteiger charge is -2.34. The summed E-state index contributed by atoms with van der Waals surface area (Å²) >= 11 is 0. The summed E-state index contributed by atoms with van der Waals surface area (Å²) in [6.07, 6.45) is -1.01. The summed E-state index contributed by atoms with van der Waals surface area (Å²) in [6, 6.07) is 11.3. The monoisotopic (exact) mass is 444 g/mol. The van der Waals surface area contributed by atoms with Gasteiger partial charge >= 0.3 is 6.18 Å². The second-order valence-corrected chi connectivity index (χ2v) is 7.79. The number of pyridine rings is 1.